The number of carbonyl (C=O) groups excluding carboxylic acids is 2. The fourth-order valence-corrected chi connectivity index (χ4v) is 4.20. The third-order valence-electron chi connectivity index (χ3n) is 5.57. The number of hydrogen-bond acceptors (Lipinski definition) is 6. The number of anilines is 2. The van der Waals surface area contributed by atoms with Crippen LogP contribution in [-0.2, 0) is 14.4 Å². The molecule has 3 aromatic carbocycles. The highest BCUT2D eigenvalue weighted by Crippen LogP contribution is 2.47. The van der Waals surface area contributed by atoms with E-state index in [1.165, 1.54) is 17.2 Å². The summed E-state index contributed by atoms with van der Waals surface area (Å²) >= 11 is 0. The summed E-state index contributed by atoms with van der Waals surface area (Å²) < 4.78 is 0. The molecule has 3 aromatic rings. The highest BCUT2D eigenvalue weighted by atomic mass is 16.7. The number of benzene rings is 3. The van der Waals surface area contributed by atoms with E-state index in [1.807, 2.05) is 36.4 Å². The fourth-order valence-electron chi connectivity index (χ4n) is 4.20. The molecular formula is C23H17N3O5. The van der Waals surface area contributed by atoms with Gasteiger partial charge in [0.15, 0.2) is 6.10 Å². The first kappa shape index (κ1) is 19.0. The van der Waals surface area contributed by atoms with Gasteiger partial charge < -0.3 is 0 Å². The van der Waals surface area contributed by atoms with Crippen LogP contribution in [0.1, 0.15) is 11.6 Å². The normalized spacial score (nSPS) is 22.6. The average molecular weight is 415 g/mol. The van der Waals surface area contributed by atoms with Gasteiger partial charge in [-0.1, -0.05) is 54.6 Å². The van der Waals surface area contributed by atoms with Gasteiger partial charge in [0.2, 0.25) is 5.91 Å². The van der Waals surface area contributed by atoms with Crippen LogP contribution in [-0.4, -0.2) is 22.8 Å². The van der Waals surface area contributed by atoms with Crippen molar-refractivity contribution in [1.82, 2.24) is 0 Å². The molecule has 2 heterocycles. The quantitative estimate of drug-likeness (QED) is 0.367. The Hall–Kier alpha value is -4.04. The van der Waals surface area contributed by atoms with Gasteiger partial charge in [0.05, 0.1) is 22.3 Å². The van der Waals surface area contributed by atoms with Crippen LogP contribution in [0.3, 0.4) is 0 Å². The van der Waals surface area contributed by atoms with Gasteiger partial charge in [0.1, 0.15) is 5.92 Å². The Morgan fingerprint density at radius 3 is 2.13 bits per heavy atom. The van der Waals surface area contributed by atoms with Gasteiger partial charge in [-0.2, -0.15) is 0 Å². The Morgan fingerprint density at radius 2 is 1.45 bits per heavy atom. The number of nitro benzene ring substituents is 1. The van der Waals surface area contributed by atoms with E-state index >= 15 is 0 Å². The monoisotopic (exact) mass is 415 g/mol. The van der Waals surface area contributed by atoms with Crippen molar-refractivity contribution in [2.75, 3.05) is 9.96 Å². The minimum absolute atomic E-state index is 0.103. The molecule has 0 aliphatic carbocycles. The Bertz CT molecular complexity index is 1170. The molecule has 0 bridgehead atoms. The topological polar surface area (TPSA) is 93.0 Å². The summed E-state index contributed by atoms with van der Waals surface area (Å²) in [6, 6.07) is 23.3. The van der Waals surface area contributed by atoms with E-state index in [4.69, 9.17) is 4.84 Å². The average Bonchev–Trinajstić information content (AvgIpc) is 3.31. The summed E-state index contributed by atoms with van der Waals surface area (Å²) in [7, 11) is 0. The van der Waals surface area contributed by atoms with Crippen molar-refractivity contribution in [3.8, 4) is 0 Å². The second kappa shape index (κ2) is 7.33. The lowest BCUT2D eigenvalue weighted by Crippen LogP contribution is -2.37. The molecule has 8 nitrogen and oxygen atoms in total. The maximum absolute atomic E-state index is 13.4. The molecule has 3 atom stereocenters. The van der Waals surface area contributed by atoms with Crippen molar-refractivity contribution in [1.29, 1.82) is 0 Å². The molecule has 2 saturated heterocycles. The van der Waals surface area contributed by atoms with Gasteiger partial charge in [-0.05, 0) is 23.8 Å². The number of hydrogen-bond donors (Lipinski definition) is 0. The summed E-state index contributed by atoms with van der Waals surface area (Å²) in [5, 5.41) is 12.7. The van der Waals surface area contributed by atoms with E-state index in [2.05, 4.69) is 0 Å². The number of amides is 2. The van der Waals surface area contributed by atoms with Crippen LogP contribution in [0.25, 0.3) is 0 Å². The minimum Gasteiger partial charge on any atom is -0.273 e. The predicted octanol–water partition coefficient (Wildman–Crippen LogP) is 3.65. The van der Waals surface area contributed by atoms with Gasteiger partial charge in [0, 0.05) is 12.1 Å². The molecule has 2 aliphatic heterocycles. The van der Waals surface area contributed by atoms with Crippen LogP contribution >= 0.6 is 0 Å². The van der Waals surface area contributed by atoms with E-state index in [1.54, 1.807) is 36.4 Å². The Balaban J connectivity index is 1.59. The second-order valence-electron chi connectivity index (χ2n) is 7.36. The zero-order valence-electron chi connectivity index (χ0n) is 16.2. The molecule has 31 heavy (non-hydrogen) atoms. The third kappa shape index (κ3) is 3.04. The fraction of sp³-hybridized carbons (Fsp3) is 0.130. The van der Waals surface area contributed by atoms with Crippen LogP contribution in [0.5, 0.6) is 0 Å². The van der Waals surface area contributed by atoms with Crippen LogP contribution in [0, 0.1) is 16.0 Å². The van der Waals surface area contributed by atoms with Crippen molar-refractivity contribution in [3.63, 3.8) is 0 Å². The van der Waals surface area contributed by atoms with E-state index < -0.39 is 28.9 Å². The zero-order chi connectivity index (χ0) is 21.5. The largest absolute Gasteiger partial charge is 0.273 e. The first-order valence-electron chi connectivity index (χ1n) is 9.74. The number of fused-ring (bicyclic) bond motifs is 1. The summed E-state index contributed by atoms with van der Waals surface area (Å²) in [5.41, 5.74) is 1.57. The summed E-state index contributed by atoms with van der Waals surface area (Å²) in [6.07, 6.45) is -1.02. The lowest BCUT2D eigenvalue weighted by atomic mass is 9.90. The van der Waals surface area contributed by atoms with Gasteiger partial charge in [-0.25, -0.2) is 9.96 Å². The Morgan fingerprint density at radius 1 is 0.806 bits per heavy atom. The van der Waals surface area contributed by atoms with E-state index in [0.717, 1.165) is 10.5 Å². The molecule has 8 heteroatoms. The maximum atomic E-state index is 13.4. The molecule has 2 aliphatic rings. The van der Waals surface area contributed by atoms with Crippen LogP contribution in [0.4, 0.5) is 17.1 Å². The van der Waals surface area contributed by atoms with Crippen LogP contribution in [0.15, 0.2) is 84.9 Å². The molecule has 0 unspecified atom stereocenters. The number of non-ortho nitro benzene ring substituents is 1. The van der Waals surface area contributed by atoms with Crippen LogP contribution < -0.4 is 9.96 Å². The molecule has 0 aromatic heterocycles. The van der Waals surface area contributed by atoms with Crippen molar-refractivity contribution >= 4 is 28.9 Å². The highest BCUT2D eigenvalue weighted by molar-refractivity contribution is 6.23. The summed E-state index contributed by atoms with van der Waals surface area (Å²) in [4.78, 5) is 44.5. The van der Waals surface area contributed by atoms with E-state index in [-0.39, 0.29) is 11.6 Å². The first-order chi connectivity index (χ1) is 15.1. The van der Waals surface area contributed by atoms with Crippen LogP contribution in [0.2, 0.25) is 0 Å². The number of nitrogens with zero attached hydrogens (tertiary/aromatic N) is 3. The number of rotatable bonds is 4. The van der Waals surface area contributed by atoms with Gasteiger partial charge in [-0.3, -0.25) is 24.5 Å². The zero-order valence-corrected chi connectivity index (χ0v) is 16.2. The molecule has 2 amide bonds. The first-order valence-corrected chi connectivity index (χ1v) is 9.74. The lowest BCUT2D eigenvalue weighted by molar-refractivity contribution is -0.384. The molecule has 2 fully saturated rings. The number of para-hydroxylation sites is 1. The van der Waals surface area contributed by atoms with Crippen molar-refractivity contribution in [2.24, 2.45) is 5.92 Å². The van der Waals surface area contributed by atoms with E-state index in [9.17, 15) is 19.7 Å². The molecule has 0 saturated carbocycles. The second-order valence-corrected chi connectivity index (χ2v) is 7.36. The summed E-state index contributed by atoms with van der Waals surface area (Å²) in [5.74, 6) is -1.59. The molecule has 0 N–H and O–H groups in total. The van der Waals surface area contributed by atoms with Gasteiger partial charge in [0.25, 0.3) is 11.6 Å². The third-order valence-corrected chi connectivity index (χ3v) is 5.57. The minimum atomic E-state index is -1.02. The Kier molecular flexibility index (Phi) is 4.48. The predicted molar refractivity (Wildman–Crippen MR) is 112 cm³/mol. The molecule has 5 rings (SSSR count). The number of hydroxylamine groups is 1. The van der Waals surface area contributed by atoms with E-state index in [0.29, 0.717) is 11.4 Å². The van der Waals surface area contributed by atoms with Crippen molar-refractivity contribution in [2.45, 2.75) is 12.1 Å². The molecular weight excluding hydrogens is 398 g/mol. The summed E-state index contributed by atoms with van der Waals surface area (Å²) in [6.45, 7) is 0. The molecule has 154 valence electrons. The molecule has 0 radical (unpaired) electrons. The van der Waals surface area contributed by atoms with Crippen molar-refractivity contribution in [3.05, 3.63) is 101 Å². The molecule has 0 spiro atoms. The van der Waals surface area contributed by atoms with Gasteiger partial charge in [-0.15, -0.1) is 0 Å². The number of nitro groups is 1. The number of imide groups is 1. The highest BCUT2D eigenvalue weighted by Gasteiger charge is 2.60. The lowest BCUT2D eigenvalue weighted by Gasteiger charge is -2.28. The smallest absolute Gasteiger partial charge is 0.271 e. The van der Waals surface area contributed by atoms with Crippen molar-refractivity contribution < 1.29 is 19.3 Å². The van der Waals surface area contributed by atoms with Gasteiger partial charge >= 0.3 is 0 Å². The standard InChI is InChI=1S/C23H17N3O5/c27-22-19-20(15-8-3-1-4-9-15)25(17-12-7-13-18(14-17)26(29)30)31-21(19)23(28)24(22)16-10-5-2-6-11-16/h1-14,19-21H/t19-,20+,21-/m1/s1. The SMILES string of the molecule is O=C1[C@H]2[C@@H](ON(c3cccc([N+](=O)[O-])c3)[C@H]2c2ccccc2)C(=O)N1c1ccccc1. The maximum Gasteiger partial charge on any atom is 0.271 e. The Labute approximate surface area is 177 Å². The number of carbonyl (C=O) groups is 2.